The van der Waals surface area contributed by atoms with Crippen molar-refractivity contribution in [3.05, 3.63) is 24.0 Å². The molecule has 1 aromatic rings. The Balaban J connectivity index is 2.64. The molecule has 78 valence electrons. The third-order valence-corrected chi connectivity index (χ3v) is 2.89. The van der Waals surface area contributed by atoms with Crippen LogP contribution in [0.25, 0.3) is 0 Å². The van der Waals surface area contributed by atoms with Crippen molar-refractivity contribution in [3.63, 3.8) is 0 Å². The molecule has 1 rings (SSSR count). The standard InChI is InChI=1S/C12H20N2/c1-5-9(2)10(3)14-12-7-6-8-13-11(12)4/h6-10,14H,5H2,1-4H3. The summed E-state index contributed by atoms with van der Waals surface area (Å²) in [6.45, 7) is 8.74. The summed E-state index contributed by atoms with van der Waals surface area (Å²) in [5, 5.41) is 3.50. The molecule has 1 N–H and O–H groups in total. The molecule has 0 aromatic carbocycles. The van der Waals surface area contributed by atoms with Crippen LogP contribution >= 0.6 is 0 Å². The van der Waals surface area contributed by atoms with Crippen molar-refractivity contribution in [3.8, 4) is 0 Å². The van der Waals surface area contributed by atoms with Gasteiger partial charge in [0.2, 0.25) is 0 Å². The molecular weight excluding hydrogens is 172 g/mol. The zero-order valence-corrected chi connectivity index (χ0v) is 9.54. The van der Waals surface area contributed by atoms with Crippen LogP contribution in [0.5, 0.6) is 0 Å². The average molecular weight is 192 g/mol. The monoisotopic (exact) mass is 192 g/mol. The van der Waals surface area contributed by atoms with Crippen LogP contribution in [0.15, 0.2) is 18.3 Å². The molecular formula is C12H20N2. The molecule has 0 amide bonds. The first kappa shape index (κ1) is 11.0. The maximum Gasteiger partial charge on any atom is 0.0603 e. The lowest BCUT2D eigenvalue weighted by Crippen LogP contribution is -2.23. The highest BCUT2D eigenvalue weighted by Gasteiger charge is 2.10. The fourth-order valence-electron chi connectivity index (χ4n) is 1.38. The van der Waals surface area contributed by atoms with Gasteiger partial charge in [0.1, 0.15) is 0 Å². The summed E-state index contributed by atoms with van der Waals surface area (Å²) < 4.78 is 0. The lowest BCUT2D eigenvalue weighted by Gasteiger charge is -2.21. The van der Waals surface area contributed by atoms with E-state index in [-0.39, 0.29) is 0 Å². The van der Waals surface area contributed by atoms with E-state index in [4.69, 9.17) is 0 Å². The van der Waals surface area contributed by atoms with Gasteiger partial charge >= 0.3 is 0 Å². The summed E-state index contributed by atoms with van der Waals surface area (Å²) in [5.74, 6) is 0.689. The topological polar surface area (TPSA) is 24.9 Å². The van der Waals surface area contributed by atoms with Gasteiger partial charge in [0.15, 0.2) is 0 Å². The summed E-state index contributed by atoms with van der Waals surface area (Å²) >= 11 is 0. The highest BCUT2D eigenvalue weighted by atomic mass is 14.9. The summed E-state index contributed by atoms with van der Waals surface area (Å²) in [7, 11) is 0. The van der Waals surface area contributed by atoms with Crippen molar-refractivity contribution < 1.29 is 0 Å². The van der Waals surface area contributed by atoms with Crippen molar-refractivity contribution in [2.24, 2.45) is 5.92 Å². The largest absolute Gasteiger partial charge is 0.381 e. The van der Waals surface area contributed by atoms with Crippen LogP contribution in [0.4, 0.5) is 5.69 Å². The van der Waals surface area contributed by atoms with Crippen LogP contribution in [0.2, 0.25) is 0 Å². The van der Waals surface area contributed by atoms with Gasteiger partial charge in [-0.2, -0.15) is 0 Å². The lowest BCUT2D eigenvalue weighted by atomic mass is 10.0. The molecule has 0 saturated carbocycles. The van der Waals surface area contributed by atoms with Crippen molar-refractivity contribution in [2.75, 3.05) is 5.32 Å². The van der Waals surface area contributed by atoms with E-state index < -0.39 is 0 Å². The minimum Gasteiger partial charge on any atom is -0.381 e. The first-order valence-corrected chi connectivity index (χ1v) is 5.33. The maximum atomic E-state index is 4.25. The van der Waals surface area contributed by atoms with E-state index in [1.54, 1.807) is 0 Å². The lowest BCUT2D eigenvalue weighted by molar-refractivity contribution is 0.494. The molecule has 0 saturated heterocycles. The molecule has 1 aromatic heterocycles. The van der Waals surface area contributed by atoms with Gasteiger partial charge in [0.05, 0.1) is 11.4 Å². The van der Waals surface area contributed by atoms with Crippen molar-refractivity contribution >= 4 is 5.69 Å². The number of rotatable bonds is 4. The second-order valence-electron chi connectivity index (χ2n) is 3.95. The second kappa shape index (κ2) is 4.99. The van der Waals surface area contributed by atoms with Crippen molar-refractivity contribution in [2.45, 2.75) is 40.2 Å². The number of aromatic nitrogens is 1. The van der Waals surface area contributed by atoms with Crippen LogP contribution in [0, 0.1) is 12.8 Å². The Morgan fingerprint density at radius 2 is 2.14 bits per heavy atom. The molecule has 1 heterocycles. The summed E-state index contributed by atoms with van der Waals surface area (Å²) in [6.07, 6.45) is 3.03. The number of anilines is 1. The fraction of sp³-hybridized carbons (Fsp3) is 0.583. The number of nitrogens with one attached hydrogen (secondary N) is 1. The number of aryl methyl sites for hydroxylation is 1. The van der Waals surface area contributed by atoms with Gasteiger partial charge in [-0.15, -0.1) is 0 Å². The Labute approximate surface area is 86.8 Å². The number of hydrogen-bond acceptors (Lipinski definition) is 2. The van der Waals surface area contributed by atoms with E-state index in [1.807, 2.05) is 19.2 Å². The quantitative estimate of drug-likeness (QED) is 0.792. The Kier molecular flexibility index (Phi) is 3.93. The molecule has 0 radical (unpaired) electrons. The van der Waals surface area contributed by atoms with Crippen LogP contribution in [-0.4, -0.2) is 11.0 Å². The smallest absolute Gasteiger partial charge is 0.0603 e. The van der Waals surface area contributed by atoms with Gasteiger partial charge in [-0.3, -0.25) is 4.98 Å². The van der Waals surface area contributed by atoms with Crippen LogP contribution < -0.4 is 5.32 Å². The number of pyridine rings is 1. The Hall–Kier alpha value is -1.05. The summed E-state index contributed by atoms with van der Waals surface area (Å²) in [6, 6.07) is 4.56. The Morgan fingerprint density at radius 3 is 2.71 bits per heavy atom. The van der Waals surface area contributed by atoms with Crippen LogP contribution in [0.1, 0.15) is 32.9 Å². The normalized spacial score (nSPS) is 14.9. The fourth-order valence-corrected chi connectivity index (χ4v) is 1.38. The average Bonchev–Trinajstić information content (AvgIpc) is 2.20. The van der Waals surface area contributed by atoms with Gasteiger partial charge < -0.3 is 5.32 Å². The predicted octanol–water partition coefficient (Wildman–Crippen LogP) is 3.24. The van der Waals surface area contributed by atoms with Gasteiger partial charge in [-0.25, -0.2) is 0 Å². The van der Waals surface area contributed by atoms with E-state index in [9.17, 15) is 0 Å². The minimum atomic E-state index is 0.503. The minimum absolute atomic E-state index is 0.503. The van der Waals surface area contributed by atoms with E-state index in [2.05, 4.69) is 37.1 Å². The summed E-state index contributed by atoms with van der Waals surface area (Å²) in [5.41, 5.74) is 2.22. The molecule has 14 heavy (non-hydrogen) atoms. The SMILES string of the molecule is CCC(C)C(C)Nc1cccnc1C. The highest BCUT2D eigenvalue weighted by molar-refractivity contribution is 5.47. The van der Waals surface area contributed by atoms with E-state index in [0.29, 0.717) is 12.0 Å². The van der Waals surface area contributed by atoms with Gasteiger partial charge in [0.25, 0.3) is 0 Å². The highest BCUT2D eigenvalue weighted by Crippen LogP contribution is 2.16. The first-order chi connectivity index (χ1) is 6.65. The second-order valence-corrected chi connectivity index (χ2v) is 3.95. The van der Waals surface area contributed by atoms with Crippen molar-refractivity contribution in [1.29, 1.82) is 0 Å². The molecule has 0 bridgehead atoms. The van der Waals surface area contributed by atoms with E-state index in [1.165, 1.54) is 6.42 Å². The number of nitrogens with zero attached hydrogens (tertiary/aromatic N) is 1. The molecule has 2 heteroatoms. The molecule has 0 aliphatic rings. The molecule has 0 spiro atoms. The van der Waals surface area contributed by atoms with E-state index >= 15 is 0 Å². The van der Waals surface area contributed by atoms with Crippen molar-refractivity contribution in [1.82, 2.24) is 4.98 Å². The molecule has 2 atom stereocenters. The van der Waals surface area contributed by atoms with Gasteiger partial charge in [0, 0.05) is 12.2 Å². The summed E-state index contributed by atoms with van der Waals surface area (Å²) in [4.78, 5) is 4.25. The molecule has 2 nitrogen and oxygen atoms in total. The predicted molar refractivity (Wildman–Crippen MR) is 61.5 cm³/mol. The van der Waals surface area contributed by atoms with Gasteiger partial charge in [-0.05, 0) is 31.9 Å². The molecule has 0 aliphatic carbocycles. The zero-order valence-electron chi connectivity index (χ0n) is 9.54. The Morgan fingerprint density at radius 1 is 1.43 bits per heavy atom. The van der Waals surface area contributed by atoms with E-state index in [0.717, 1.165) is 11.4 Å². The molecule has 2 unspecified atom stereocenters. The van der Waals surface area contributed by atoms with Crippen LogP contribution in [-0.2, 0) is 0 Å². The van der Waals surface area contributed by atoms with Gasteiger partial charge in [-0.1, -0.05) is 20.3 Å². The Bertz CT molecular complexity index is 283. The maximum absolute atomic E-state index is 4.25. The zero-order chi connectivity index (χ0) is 10.6. The first-order valence-electron chi connectivity index (χ1n) is 5.33. The molecule has 0 fully saturated rings. The number of hydrogen-bond donors (Lipinski definition) is 1. The third-order valence-electron chi connectivity index (χ3n) is 2.89. The van der Waals surface area contributed by atoms with Crippen LogP contribution in [0.3, 0.4) is 0 Å². The molecule has 0 aliphatic heterocycles. The third kappa shape index (κ3) is 2.72.